The molecule has 0 aliphatic carbocycles. The van der Waals surface area contributed by atoms with E-state index in [0.717, 1.165) is 6.20 Å². The van der Waals surface area contributed by atoms with Gasteiger partial charge in [0, 0.05) is 24.5 Å². The van der Waals surface area contributed by atoms with Crippen LogP contribution < -0.4 is 5.32 Å². The SMILES string of the molecule is O=C(Nc1ccccc1)C1CCCN1/C=C/C(=O)C(F)(F)F. The Labute approximate surface area is 125 Å². The van der Waals surface area contributed by atoms with Crippen molar-refractivity contribution >= 4 is 17.4 Å². The molecule has 22 heavy (non-hydrogen) atoms. The number of alkyl halides is 3. The molecule has 1 unspecified atom stereocenters. The van der Waals surface area contributed by atoms with Gasteiger partial charge in [0.25, 0.3) is 5.78 Å². The Morgan fingerprint density at radius 1 is 1.23 bits per heavy atom. The molecule has 118 valence electrons. The van der Waals surface area contributed by atoms with E-state index in [4.69, 9.17) is 0 Å². The van der Waals surface area contributed by atoms with Crippen LogP contribution in [0.3, 0.4) is 0 Å². The summed E-state index contributed by atoms with van der Waals surface area (Å²) >= 11 is 0. The van der Waals surface area contributed by atoms with Gasteiger partial charge in [0.15, 0.2) is 0 Å². The lowest BCUT2D eigenvalue weighted by molar-refractivity contribution is -0.165. The Morgan fingerprint density at radius 3 is 2.55 bits per heavy atom. The summed E-state index contributed by atoms with van der Waals surface area (Å²) in [6.07, 6.45) is -2.16. The second-order valence-corrected chi connectivity index (χ2v) is 4.93. The van der Waals surface area contributed by atoms with Crippen LogP contribution in [-0.2, 0) is 9.59 Å². The molecule has 0 spiro atoms. The number of hydrogen-bond acceptors (Lipinski definition) is 3. The third-order valence-electron chi connectivity index (χ3n) is 3.33. The summed E-state index contributed by atoms with van der Waals surface area (Å²) in [4.78, 5) is 24.5. The molecule has 7 heteroatoms. The fourth-order valence-electron chi connectivity index (χ4n) is 2.25. The molecule has 0 bridgehead atoms. The van der Waals surface area contributed by atoms with E-state index in [1.807, 2.05) is 6.07 Å². The van der Waals surface area contributed by atoms with E-state index in [1.165, 1.54) is 4.90 Å². The summed E-state index contributed by atoms with van der Waals surface area (Å²) in [7, 11) is 0. The second-order valence-electron chi connectivity index (χ2n) is 4.93. The summed E-state index contributed by atoms with van der Waals surface area (Å²) in [6, 6.07) is 8.22. The van der Waals surface area contributed by atoms with Gasteiger partial charge in [-0.25, -0.2) is 0 Å². The highest BCUT2D eigenvalue weighted by molar-refractivity contribution is 5.96. The minimum absolute atomic E-state index is 0.298. The lowest BCUT2D eigenvalue weighted by Gasteiger charge is -2.22. The average molecular weight is 312 g/mol. The molecular formula is C15H15F3N2O2. The smallest absolute Gasteiger partial charge is 0.365 e. The Morgan fingerprint density at radius 2 is 1.91 bits per heavy atom. The van der Waals surface area contributed by atoms with Crippen LogP contribution >= 0.6 is 0 Å². The van der Waals surface area contributed by atoms with Crippen LogP contribution in [0.4, 0.5) is 18.9 Å². The van der Waals surface area contributed by atoms with E-state index >= 15 is 0 Å². The van der Waals surface area contributed by atoms with Gasteiger partial charge in [-0.1, -0.05) is 18.2 Å². The standard InChI is InChI=1S/C15H15F3N2O2/c16-15(17,18)13(21)8-10-20-9-4-7-12(20)14(22)19-11-5-2-1-3-6-11/h1-3,5-6,8,10,12H,4,7,9H2,(H,19,22)/b10-8+. The first kappa shape index (κ1) is 16.1. The molecule has 1 fully saturated rings. The van der Waals surface area contributed by atoms with E-state index in [2.05, 4.69) is 5.32 Å². The predicted molar refractivity (Wildman–Crippen MR) is 75.0 cm³/mol. The van der Waals surface area contributed by atoms with Gasteiger partial charge in [-0.15, -0.1) is 0 Å². The number of amides is 1. The molecule has 1 amide bonds. The number of carbonyl (C=O) groups is 2. The minimum atomic E-state index is -4.89. The molecule has 1 heterocycles. The Hall–Kier alpha value is -2.31. The van der Waals surface area contributed by atoms with Crippen molar-refractivity contribution in [1.29, 1.82) is 0 Å². The molecule has 0 radical (unpaired) electrons. The van der Waals surface area contributed by atoms with E-state index in [-0.39, 0.29) is 5.91 Å². The molecule has 1 saturated heterocycles. The third kappa shape index (κ3) is 4.09. The topological polar surface area (TPSA) is 49.4 Å². The summed E-state index contributed by atoms with van der Waals surface area (Å²) in [5.74, 6) is -2.23. The highest BCUT2D eigenvalue weighted by Crippen LogP contribution is 2.21. The van der Waals surface area contributed by atoms with Crippen molar-refractivity contribution in [2.24, 2.45) is 0 Å². The number of carbonyl (C=O) groups excluding carboxylic acids is 2. The fourth-order valence-corrected chi connectivity index (χ4v) is 2.25. The van der Waals surface area contributed by atoms with Crippen LogP contribution in [0.5, 0.6) is 0 Å². The van der Waals surface area contributed by atoms with Crippen molar-refractivity contribution in [3.05, 3.63) is 42.6 Å². The highest BCUT2D eigenvalue weighted by atomic mass is 19.4. The Kier molecular flexibility index (Phi) is 4.85. The maximum absolute atomic E-state index is 12.2. The molecule has 1 atom stereocenters. The lowest BCUT2D eigenvalue weighted by Crippen LogP contribution is -2.36. The number of anilines is 1. The number of rotatable bonds is 4. The number of halogens is 3. The zero-order chi connectivity index (χ0) is 16.2. The first-order chi connectivity index (χ1) is 10.4. The van der Waals surface area contributed by atoms with Gasteiger partial charge < -0.3 is 10.2 Å². The van der Waals surface area contributed by atoms with Crippen molar-refractivity contribution in [3.8, 4) is 0 Å². The summed E-state index contributed by atoms with van der Waals surface area (Å²) in [5.41, 5.74) is 0.620. The van der Waals surface area contributed by atoms with Crippen molar-refractivity contribution in [2.45, 2.75) is 25.1 Å². The first-order valence-electron chi connectivity index (χ1n) is 6.79. The summed E-state index contributed by atoms with van der Waals surface area (Å²) in [6.45, 7) is 0.439. The van der Waals surface area contributed by atoms with Crippen molar-refractivity contribution in [3.63, 3.8) is 0 Å². The molecule has 4 nitrogen and oxygen atoms in total. The van der Waals surface area contributed by atoms with Crippen LogP contribution in [-0.4, -0.2) is 35.4 Å². The van der Waals surface area contributed by atoms with Gasteiger partial charge in [0.05, 0.1) is 0 Å². The number of para-hydroxylation sites is 1. The Bertz CT molecular complexity index is 570. The van der Waals surface area contributed by atoms with E-state index in [9.17, 15) is 22.8 Å². The number of nitrogens with zero attached hydrogens (tertiary/aromatic N) is 1. The van der Waals surface area contributed by atoms with Crippen LogP contribution in [0, 0.1) is 0 Å². The van der Waals surface area contributed by atoms with E-state index in [0.29, 0.717) is 31.1 Å². The molecule has 1 N–H and O–H groups in total. The summed E-state index contributed by atoms with van der Waals surface area (Å²) < 4.78 is 36.5. The van der Waals surface area contributed by atoms with Crippen LogP contribution in [0.15, 0.2) is 42.6 Å². The van der Waals surface area contributed by atoms with Gasteiger partial charge in [0.2, 0.25) is 5.91 Å². The normalized spacial score (nSPS) is 18.7. The maximum atomic E-state index is 12.2. The number of benzene rings is 1. The minimum Gasteiger partial charge on any atom is -0.365 e. The number of allylic oxidation sites excluding steroid dienone is 1. The molecule has 0 aromatic heterocycles. The van der Waals surface area contributed by atoms with Crippen LogP contribution in [0.25, 0.3) is 0 Å². The van der Waals surface area contributed by atoms with E-state index in [1.54, 1.807) is 24.3 Å². The van der Waals surface area contributed by atoms with Gasteiger partial charge in [-0.05, 0) is 25.0 Å². The zero-order valence-electron chi connectivity index (χ0n) is 11.6. The quantitative estimate of drug-likeness (QED) is 0.870. The molecule has 1 aliphatic heterocycles. The van der Waals surface area contributed by atoms with Crippen molar-refractivity contribution in [1.82, 2.24) is 4.90 Å². The Balaban J connectivity index is 2.00. The first-order valence-corrected chi connectivity index (χ1v) is 6.79. The molecule has 1 aliphatic rings. The average Bonchev–Trinajstić information content (AvgIpc) is 2.93. The van der Waals surface area contributed by atoms with E-state index < -0.39 is 18.0 Å². The van der Waals surface area contributed by atoms with Crippen LogP contribution in [0.1, 0.15) is 12.8 Å². The molecular weight excluding hydrogens is 297 g/mol. The monoisotopic (exact) mass is 312 g/mol. The van der Waals surface area contributed by atoms with Gasteiger partial charge in [-0.2, -0.15) is 13.2 Å². The second kappa shape index (κ2) is 6.64. The van der Waals surface area contributed by atoms with Crippen molar-refractivity contribution < 1.29 is 22.8 Å². The highest BCUT2D eigenvalue weighted by Gasteiger charge is 2.37. The number of ketones is 1. The van der Waals surface area contributed by atoms with Crippen molar-refractivity contribution in [2.75, 3.05) is 11.9 Å². The number of nitrogens with one attached hydrogen (secondary N) is 1. The zero-order valence-corrected chi connectivity index (χ0v) is 11.6. The van der Waals surface area contributed by atoms with Crippen LogP contribution in [0.2, 0.25) is 0 Å². The summed E-state index contributed by atoms with van der Waals surface area (Å²) in [5, 5.41) is 2.71. The number of likely N-dealkylation sites (tertiary alicyclic amines) is 1. The number of hydrogen-bond donors (Lipinski definition) is 1. The third-order valence-corrected chi connectivity index (χ3v) is 3.33. The molecule has 1 aromatic rings. The van der Waals surface area contributed by atoms with Gasteiger partial charge in [0.1, 0.15) is 6.04 Å². The fraction of sp³-hybridized carbons (Fsp3) is 0.333. The van der Waals surface area contributed by atoms with Gasteiger partial charge in [-0.3, -0.25) is 9.59 Å². The van der Waals surface area contributed by atoms with Gasteiger partial charge >= 0.3 is 6.18 Å². The maximum Gasteiger partial charge on any atom is 0.454 e. The molecule has 0 saturated carbocycles. The molecule has 2 rings (SSSR count). The lowest BCUT2D eigenvalue weighted by atomic mass is 10.2. The largest absolute Gasteiger partial charge is 0.454 e. The molecule has 1 aromatic carbocycles. The predicted octanol–water partition coefficient (Wildman–Crippen LogP) is 2.73.